The van der Waals surface area contributed by atoms with E-state index in [9.17, 15) is 4.39 Å². The van der Waals surface area contributed by atoms with Crippen molar-refractivity contribution in [3.05, 3.63) is 23.0 Å². The summed E-state index contributed by atoms with van der Waals surface area (Å²) in [5, 5.41) is 0.293. The Kier molecular flexibility index (Phi) is 3.12. The summed E-state index contributed by atoms with van der Waals surface area (Å²) in [4.78, 5) is 0. The number of benzene rings is 1. The number of rotatable bonds is 1. The molecule has 18 heavy (non-hydrogen) atoms. The molecule has 0 bridgehead atoms. The van der Waals surface area contributed by atoms with Crippen molar-refractivity contribution in [3.8, 4) is 0 Å². The molecule has 1 aliphatic heterocycles. The zero-order valence-corrected chi connectivity index (χ0v) is 11.6. The molecule has 0 aliphatic carbocycles. The first-order chi connectivity index (χ1) is 8.14. The van der Waals surface area contributed by atoms with Gasteiger partial charge in [-0.05, 0) is 39.8 Å². The molecule has 2 N–H and O–H groups in total. The third kappa shape index (κ3) is 2.11. The Morgan fingerprint density at radius 2 is 1.67 bits per heavy atom. The van der Waals surface area contributed by atoms with E-state index in [1.54, 1.807) is 0 Å². The van der Waals surface area contributed by atoms with Gasteiger partial charge in [-0.15, -0.1) is 0 Å². The van der Waals surface area contributed by atoms with Crippen LogP contribution < -0.4 is 11.2 Å². The van der Waals surface area contributed by atoms with Crippen LogP contribution in [0.1, 0.15) is 27.7 Å². The van der Waals surface area contributed by atoms with Crippen LogP contribution in [0.25, 0.3) is 0 Å². The van der Waals surface area contributed by atoms with E-state index in [1.807, 2.05) is 27.7 Å². The monoisotopic (exact) mass is 271 g/mol. The van der Waals surface area contributed by atoms with E-state index in [4.69, 9.17) is 26.6 Å². The number of halogens is 2. The Labute approximate surface area is 112 Å². The van der Waals surface area contributed by atoms with E-state index < -0.39 is 24.1 Å². The second kappa shape index (κ2) is 4.12. The molecular formula is C12H16BClFNO2. The van der Waals surface area contributed by atoms with Crippen molar-refractivity contribution in [2.45, 2.75) is 38.9 Å². The van der Waals surface area contributed by atoms with Gasteiger partial charge in [-0.3, -0.25) is 0 Å². The van der Waals surface area contributed by atoms with E-state index in [0.717, 1.165) is 0 Å². The summed E-state index contributed by atoms with van der Waals surface area (Å²) in [6.07, 6.45) is 0. The Morgan fingerprint density at radius 3 is 2.17 bits per heavy atom. The fourth-order valence-corrected chi connectivity index (χ4v) is 1.90. The molecule has 98 valence electrons. The summed E-state index contributed by atoms with van der Waals surface area (Å²) in [7, 11) is -0.770. The maximum atomic E-state index is 13.9. The van der Waals surface area contributed by atoms with Crippen molar-refractivity contribution in [2.75, 3.05) is 5.73 Å². The van der Waals surface area contributed by atoms with Gasteiger partial charge in [0.15, 0.2) is 0 Å². The normalized spacial score (nSPS) is 21.3. The van der Waals surface area contributed by atoms with E-state index in [-0.39, 0.29) is 11.2 Å². The molecule has 0 aromatic heterocycles. The molecule has 0 atom stereocenters. The Bertz CT molecular complexity index is 477. The van der Waals surface area contributed by atoms with Gasteiger partial charge in [-0.1, -0.05) is 11.6 Å². The Balaban J connectivity index is 2.38. The predicted octanol–water partition coefficient (Wildman–Crippen LogP) is 2.36. The summed E-state index contributed by atoms with van der Waals surface area (Å²) >= 11 is 5.90. The smallest absolute Gasteiger partial charge is 0.399 e. The number of nitrogen functional groups attached to an aromatic ring is 1. The van der Waals surface area contributed by atoms with Gasteiger partial charge in [0, 0.05) is 5.46 Å². The minimum atomic E-state index is -0.770. The summed E-state index contributed by atoms with van der Waals surface area (Å²) in [6, 6.07) is 2.64. The van der Waals surface area contributed by atoms with Crippen LogP contribution in [-0.2, 0) is 9.31 Å². The molecule has 0 radical (unpaired) electrons. The second-order valence-electron chi connectivity index (χ2n) is 5.48. The van der Waals surface area contributed by atoms with Crippen LogP contribution in [0.3, 0.4) is 0 Å². The standard InChI is InChI=1S/C12H16BClFNO2/c1-11(2)12(3,4)18-13(17-11)7-5-8(14)10(16)6-9(7)15/h5-6H,16H2,1-4H3. The van der Waals surface area contributed by atoms with Crippen molar-refractivity contribution >= 4 is 29.9 Å². The molecule has 1 aliphatic rings. The van der Waals surface area contributed by atoms with Crippen LogP contribution in [0.2, 0.25) is 5.02 Å². The molecule has 0 unspecified atom stereocenters. The SMILES string of the molecule is CC1(C)OB(c2cc(Cl)c(N)cc2F)OC1(C)C. The van der Waals surface area contributed by atoms with Crippen LogP contribution in [0.15, 0.2) is 12.1 Å². The van der Waals surface area contributed by atoms with Gasteiger partial charge in [-0.25, -0.2) is 4.39 Å². The zero-order valence-electron chi connectivity index (χ0n) is 10.9. The van der Waals surface area contributed by atoms with E-state index in [0.29, 0.717) is 5.02 Å². The van der Waals surface area contributed by atoms with E-state index in [1.165, 1.54) is 12.1 Å². The fraction of sp³-hybridized carbons (Fsp3) is 0.500. The molecule has 1 aromatic rings. The quantitative estimate of drug-likeness (QED) is 0.630. The largest absolute Gasteiger partial charge is 0.497 e. The third-order valence-electron chi connectivity index (χ3n) is 3.62. The first-order valence-corrected chi connectivity index (χ1v) is 6.12. The Hall–Kier alpha value is -0.775. The van der Waals surface area contributed by atoms with Crippen LogP contribution in [0.5, 0.6) is 0 Å². The first kappa shape index (κ1) is 13.7. The summed E-state index contributed by atoms with van der Waals surface area (Å²) in [5.41, 5.74) is 4.98. The number of hydrogen-bond donors (Lipinski definition) is 1. The fourth-order valence-electron chi connectivity index (χ4n) is 1.73. The summed E-state index contributed by atoms with van der Waals surface area (Å²) in [6.45, 7) is 7.63. The molecule has 1 heterocycles. The van der Waals surface area contributed by atoms with Crippen molar-refractivity contribution in [3.63, 3.8) is 0 Å². The lowest BCUT2D eigenvalue weighted by Crippen LogP contribution is -2.41. The van der Waals surface area contributed by atoms with Gasteiger partial charge < -0.3 is 15.0 Å². The minimum absolute atomic E-state index is 0.203. The number of nitrogens with two attached hydrogens (primary N) is 1. The molecule has 1 saturated heterocycles. The highest BCUT2D eigenvalue weighted by Gasteiger charge is 2.52. The van der Waals surface area contributed by atoms with Gasteiger partial charge in [0.2, 0.25) is 0 Å². The molecule has 0 amide bonds. The van der Waals surface area contributed by atoms with E-state index in [2.05, 4.69) is 0 Å². The lowest BCUT2D eigenvalue weighted by molar-refractivity contribution is 0.00578. The first-order valence-electron chi connectivity index (χ1n) is 5.74. The predicted molar refractivity (Wildman–Crippen MR) is 71.5 cm³/mol. The third-order valence-corrected chi connectivity index (χ3v) is 3.95. The van der Waals surface area contributed by atoms with E-state index >= 15 is 0 Å². The molecule has 0 saturated carbocycles. The molecule has 0 spiro atoms. The lowest BCUT2D eigenvalue weighted by Gasteiger charge is -2.32. The molecule has 1 fully saturated rings. The maximum absolute atomic E-state index is 13.9. The zero-order chi connectivity index (χ0) is 13.7. The molecule has 1 aromatic carbocycles. The average molecular weight is 272 g/mol. The molecular weight excluding hydrogens is 255 g/mol. The highest BCUT2D eigenvalue weighted by atomic mass is 35.5. The van der Waals surface area contributed by atoms with Crippen molar-refractivity contribution in [1.29, 1.82) is 0 Å². The van der Waals surface area contributed by atoms with Crippen LogP contribution >= 0.6 is 11.6 Å². The van der Waals surface area contributed by atoms with Gasteiger partial charge in [-0.2, -0.15) is 0 Å². The molecule has 6 heteroatoms. The van der Waals surface area contributed by atoms with Gasteiger partial charge >= 0.3 is 7.12 Å². The Morgan fingerprint density at radius 1 is 1.17 bits per heavy atom. The number of anilines is 1. The highest BCUT2D eigenvalue weighted by Crippen LogP contribution is 2.37. The summed E-state index contributed by atoms with van der Waals surface area (Å²) < 4.78 is 25.4. The van der Waals surface area contributed by atoms with Gasteiger partial charge in [0.05, 0.1) is 21.9 Å². The molecule has 3 nitrogen and oxygen atoms in total. The van der Waals surface area contributed by atoms with Crippen LogP contribution in [0.4, 0.5) is 10.1 Å². The van der Waals surface area contributed by atoms with Gasteiger partial charge in [0.25, 0.3) is 0 Å². The van der Waals surface area contributed by atoms with Crippen molar-refractivity contribution < 1.29 is 13.7 Å². The van der Waals surface area contributed by atoms with Crippen molar-refractivity contribution in [2.24, 2.45) is 0 Å². The van der Waals surface area contributed by atoms with Crippen LogP contribution in [0, 0.1) is 5.82 Å². The van der Waals surface area contributed by atoms with Crippen molar-refractivity contribution in [1.82, 2.24) is 0 Å². The minimum Gasteiger partial charge on any atom is -0.399 e. The number of hydrogen-bond acceptors (Lipinski definition) is 3. The highest BCUT2D eigenvalue weighted by molar-refractivity contribution is 6.62. The van der Waals surface area contributed by atoms with Crippen LogP contribution in [-0.4, -0.2) is 18.3 Å². The molecule has 2 rings (SSSR count). The lowest BCUT2D eigenvalue weighted by atomic mass is 9.78. The summed E-state index contributed by atoms with van der Waals surface area (Å²) in [5.74, 6) is -0.476. The topological polar surface area (TPSA) is 44.5 Å². The maximum Gasteiger partial charge on any atom is 0.497 e. The van der Waals surface area contributed by atoms with Gasteiger partial charge in [0.1, 0.15) is 5.82 Å². The second-order valence-corrected chi connectivity index (χ2v) is 5.89. The average Bonchev–Trinajstić information content (AvgIpc) is 2.42.